The molecule has 0 aromatic heterocycles. The molecule has 0 radical (unpaired) electrons. The fraction of sp³-hybridized carbons (Fsp3) is 0.935. The monoisotopic (exact) mass is 496 g/mol. The molecular weight excluding hydrogens is 436 g/mol. The Bertz CT molecular complexity index is 431. The zero-order valence-corrected chi connectivity index (χ0v) is 24.1. The third kappa shape index (κ3) is 29.1. The summed E-state index contributed by atoms with van der Waals surface area (Å²) in [5.41, 5.74) is 0. The van der Waals surface area contributed by atoms with Crippen LogP contribution in [0.1, 0.15) is 163 Å². The van der Waals surface area contributed by atoms with Crippen LogP contribution < -0.4 is 0 Å². The first-order valence-corrected chi connectivity index (χ1v) is 15.2. The Balaban J connectivity index is 3.30. The van der Waals surface area contributed by atoms with E-state index in [9.17, 15) is 9.59 Å². The summed E-state index contributed by atoms with van der Waals surface area (Å²) in [4.78, 5) is 23.6. The average molecular weight is 497 g/mol. The van der Waals surface area contributed by atoms with Crippen LogP contribution in [-0.4, -0.2) is 25.2 Å². The van der Waals surface area contributed by atoms with Crippen LogP contribution in [0.25, 0.3) is 0 Å². The zero-order chi connectivity index (χ0) is 26.0. The summed E-state index contributed by atoms with van der Waals surface area (Å²) >= 11 is 0. The summed E-state index contributed by atoms with van der Waals surface area (Å²) in [5.74, 6) is 1.46. The van der Waals surface area contributed by atoms with E-state index in [2.05, 4.69) is 27.7 Å². The van der Waals surface area contributed by atoms with Crippen molar-refractivity contribution >= 4 is 11.9 Å². The molecule has 0 amide bonds. The van der Waals surface area contributed by atoms with Gasteiger partial charge in [0, 0.05) is 12.8 Å². The molecule has 0 bridgehead atoms. The first-order chi connectivity index (χ1) is 16.9. The third-order valence-electron chi connectivity index (χ3n) is 6.64. The average Bonchev–Trinajstić information content (AvgIpc) is 2.80. The van der Waals surface area contributed by atoms with Crippen molar-refractivity contribution in [2.24, 2.45) is 11.8 Å². The highest BCUT2D eigenvalue weighted by atomic mass is 16.5. The molecular formula is C31H60O4. The summed E-state index contributed by atoms with van der Waals surface area (Å²) in [6.07, 6.45) is 23.5. The smallest absolute Gasteiger partial charge is 0.305 e. The van der Waals surface area contributed by atoms with Gasteiger partial charge >= 0.3 is 11.9 Å². The lowest BCUT2D eigenvalue weighted by atomic mass is 10.0. The van der Waals surface area contributed by atoms with E-state index < -0.39 is 0 Å². The maximum Gasteiger partial charge on any atom is 0.305 e. The van der Waals surface area contributed by atoms with E-state index in [1.807, 2.05) is 0 Å². The molecule has 208 valence electrons. The molecule has 0 fully saturated rings. The normalized spacial score (nSPS) is 11.4. The highest BCUT2D eigenvalue weighted by Gasteiger charge is 2.06. The molecule has 0 N–H and O–H groups in total. The van der Waals surface area contributed by atoms with Crippen molar-refractivity contribution < 1.29 is 19.1 Å². The number of ether oxygens (including phenoxy) is 2. The highest BCUT2D eigenvalue weighted by Crippen LogP contribution is 2.13. The van der Waals surface area contributed by atoms with Crippen molar-refractivity contribution in [3.05, 3.63) is 0 Å². The van der Waals surface area contributed by atoms with Crippen LogP contribution in [-0.2, 0) is 19.1 Å². The number of carbonyl (C=O) groups excluding carboxylic acids is 2. The largest absolute Gasteiger partial charge is 0.466 e. The van der Waals surface area contributed by atoms with Gasteiger partial charge in [-0.2, -0.15) is 0 Å². The van der Waals surface area contributed by atoms with Gasteiger partial charge in [-0.15, -0.1) is 0 Å². The van der Waals surface area contributed by atoms with Crippen LogP contribution in [0.4, 0.5) is 0 Å². The Morgan fingerprint density at radius 3 is 1.06 bits per heavy atom. The molecule has 0 unspecified atom stereocenters. The summed E-state index contributed by atoms with van der Waals surface area (Å²) in [6, 6.07) is 0. The van der Waals surface area contributed by atoms with E-state index in [1.165, 1.54) is 77.0 Å². The maximum absolute atomic E-state index is 11.8. The van der Waals surface area contributed by atoms with Crippen molar-refractivity contribution in [3.63, 3.8) is 0 Å². The molecule has 0 heterocycles. The lowest BCUT2D eigenvalue weighted by Gasteiger charge is -2.07. The van der Waals surface area contributed by atoms with E-state index in [0.29, 0.717) is 26.1 Å². The summed E-state index contributed by atoms with van der Waals surface area (Å²) < 4.78 is 10.7. The van der Waals surface area contributed by atoms with Crippen LogP contribution in [0.3, 0.4) is 0 Å². The molecule has 0 atom stereocenters. The van der Waals surface area contributed by atoms with Crippen LogP contribution in [0.5, 0.6) is 0 Å². The van der Waals surface area contributed by atoms with Crippen LogP contribution in [0, 0.1) is 11.8 Å². The molecule has 0 aliphatic rings. The van der Waals surface area contributed by atoms with E-state index in [-0.39, 0.29) is 11.9 Å². The van der Waals surface area contributed by atoms with Gasteiger partial charge in [-0.05, 0) is 37.5 Å². The number of carbonyl (C=O) groups is 2. The van der Waals surface area contributed by atoms with E-state index in [4.69, 9.17) is 9.47 Å². The van der Waals surface area contributed by atoms with Gasteiger partial charge in [0.25, 0.3) is 0 Å². The fourth-order valence-electron chi connectivity index (χ4n) is 4.31. The topological polar surface area (TPSA) is 52.6 Å². The Kier molecular flexibility index (Phi) is 25.2. The van der Waals surface area contributed by atoms with Crippen molar-refractivity contribution in [1.82, 2.24) is 0 Å². The molecule has 0 saturated heterocycles. The fourth-order valence-corrected chi connectivity index (χ4v) is 4.31. The molecule has 35 heavy (non-hydrogen) atoms. The Hall–Kier alpha value is -1.06. The molecule has 4 nitrogen and oxygen atoms in total. The number of esters is 2. The van der Waals surface area contributed by atoms with Gasteiger partial charge in [0.15, 0.2) is 0 Å². The van der Waals surface area contributed by atoms with Gasteiger partial charge in [0.1, 0.15) is 0 Å². The van der Waals surface area contributed by atoms with Crippen LogP contribution in [0.15, 0.2) is 0 Å². The van der Waals surface area contributed by atoms with Crippen molar-refractivity contribution in [3.8, 4) is 0 Å². The lowest BCUT2D eigenvalue weighted by molar-refractivity contribution is -0.144. The molecule has 4 heteroatoms. The highest BCUT2D eigenvalue weighted by molar-refractivity contribution is 5.69. The van der Waals surface area contributed by atoms with Crippen molar-refractivity contribution in [1.29, 1.82) is 0 Å². The Morgan fingerprint density at radius 1 is 0.429 bits per heavy atom. The van der Waals surface area contributed by atoms with Crippen LogP contribution in [0.2, 0.25) is 0 Å². The predicted molar refractivity (Wildman–Crippen MR) is 149 cm³/mol. The predicted octanol–water partition coefficient (Wildman–Crippen LogP) is 9.58. The van der Waals surface area contributed by atoms with Gasteiger partial charge in [0.2, 0.25) is 0 Å². The van der Waals surface area contributed by atoms with E-state index in [1.54, 1.807) is 0 Å². The minimum atomic E-state index is -0.0961. The van der Waals surface area contributed by atoms with E-state index in [0.717, 1.165) is 56.8 Å². The molecule has 0 aliphatic carbocycles. The minimum Gasteiger partial charge on any atom is -0.466 e. The summed E-state index contributed by atoms with van der Waals surface area (Å²) in [7, 11) is 0. The molecule has 0 spiro atoms. The molecule has 0 aliphatic heterocycles. The van der Waals surface area contributed by atoms with Gasteiger partial charge in [-0.25, -0.2) is 0 Å². The number of hydrogen-bond acceptors (Lipinski definition) is 4. The maximum atomic E-state index is 11.8. The standard InChI is InChI=1S/C31H60O4/c1-28(2)22-16-11-7-5-9-13-20-26-34-30(32)24-18-15-19-25-31(33)35-27-21-14-10-6-8-12-17-23-29(3)4/h28-29H,5-27H2,1-4H3. The first kappa shape index (κ1) is 33.9. The second-order valence-corrected chi connectivity index (χ2v) is 11.3. The van der Waals surface area contributed by atoms with Crippen molar-refractivity contribution in [2.75, 3.05) is 13.2 Å². The van der Waals surface area contributed by atoms with Gasteiger partial charge in [-0.3, -0.25) is 9.59 Å². The number of rotatable bonds is 26. The van der Waals surface area contributed by atoms with Crippen LogP contribution >= 0.6 is 0 Å². The first-order valence-electron chi connectivity index (χ1n) is 15.2. The second-order valence-electron chi connectivity index (χ2n) is 11.3. The van der Waals surface area contributed by atoms with Gasteiger partial charge < -0.3 is 9.47 Å². The SMILES string of the molecule is CC(C)CCCCCCCCCOC(=O)CCCCCC(=O)OCCCCCCCCCC(C)C. The Morgan fingerprint density at radius 2 is 0.714 bits per heavy atom. The van der Waals surface area contributed by atoms with Gasteiger partial charge in [-0.1, -0.05) is 124 Å². The zero-order valence-electron chi connectivity index (χ0n) is 24.1. The summed E-state index contributed by atoms with van der Waals surface area (Å²) in [6.45, 7) is 10.3. The minimum absolute atomic E-state index is 0.0961. The molecule has 0 rings (SSSR count). The van der Waals surface area contributed by atoms with Crippen molar-refractivity contribution in [2.45, 2.75) is 163 Å². The number of unbranched alkanes of at least 4 members (excludes halogenated alkanes) is 14. The molecule has 0 aromatic carbocycles. The molecule has 0 aromatic rings. The second kappa shape index (κ2) is 26.0. The molecule has 0 saturated carbocycles. The van der Waals surface area contributed by atoms with Gasteiger partial charge in [0.05, 0.1) is 13.2 Å². The summed E-state index contributed by atoms with van der Waals surface area (Å²) in [5, 5.41) is 0. The lowest BCUT2D eigenvalue weighted by Crippen LogP contribution is -2.07. The Labute approximate surface area is 218 Å². The third-order valence-corrected chi connectivity index (χ3v) is 6.64. The quantitative estimate of drug-likeness (QED) is 0.0883. The number of hydrogen-bond donors (Lipinski definition) is 0. The van der Waals surface area contributed by atoms with E-state index >= 15 is 0 Å².